The maximum Gasteiger partial charge on any atom is 0.308 e. The topological polar surface area (TPSA) is 77.5 Å². The fraction of sp³-hybridized carbons (Fsp3) is 0.769. The van der Waals surface area contributed by atoms with E-state index in [0.717, 1.165) is 18.4 Å². The molecule has 2 saturated heterocycles. The van der Waals surface area contributed by atoms with Gasteiger partial charge in [-0.15, -0.1) is 0 Å². The summed E-state index contributed by atoms with van der Waals surface area (Å²) in [7, 11) is 3.05. The van der Waals surface area contributed by atoms with Crippen LogP contribution in [0.1, 0.15) is 60.8 Å². The molecule has 2 aliphatic heterocycles. The first-order valence-corrected chi connectivity index (χ1v) is 11.8. The zero-order valence-corrected chi connectivity index (χ0v) is 21.0. The Morgan fingerprint density at radius 2 is 2.00 bits per heavy atom. The fourth-order valence-corrected chi connectivity index (χ4v) is 5.11. The molecule has 0 aliphatic carbocycles. The normalized spacial score (nSPS) is 34.7. The Morgan fingerprint density at radius 1 is 1.31 bits per heavy atom. The Kier molecular flexibility index (Phi) is 9.95. The highest BCUT2D eigenvalue weighted by molar-refractivity contribution is 5.69. The Balaban J connectivity index is 1.89. The van der Waals surface area contributed by atoms with Gasteiger partial charge in [0, 0.05) is 13.0 Å². The number of hydrogen-bond donors (Lipinski definition) is 1. The Hall–Kier alpha value is -1.21. The summed E-state index contributed by atoms with van der Waals surface area (Å²) in [5.74, 6) is 0.537. The van der Waals surface area contributed by atoms with Crippen LogP contribution in [0.3, 0.4) is 0 Å². The summed E-state index contributed by atoms with van der Waals surface area (Å²) < 4.78 is 22.5. The molecule has 6 nitrogen and oxygen atoms in total. The molecule has 0 aromatic heterocycles. The lowest BCUT2D eigenvalue weighted by molar-refractivity contribution is -0.146. The number of carbonyl (C=O) groups excluding carboxylic acids is 1. The van der Waals surface area contributed by atoms with E-state index in [-0.39, 0.29) is 48.3 Å². The quantitative estimate of drug-likeness (QED) is 0.287. The Labute approximate surface area is 194 Å². The summed E-state index contributed by atoms with van der Waals surface area (Å²) in [5, 5.41) is 9.94. The lowest BCUT2D eigenvalue weighted by atomic mass is 9.85. The van der Waals surface area contributed by atoms with E-state index in [1.807, 2.05) is 0 Å². The number of methoxy groups -OCH3 is 2. The predicted octanol–water partition coefficient (Wildman–Crippen LogP) is 4.27. The van der Waals surface area contributed by atoms with Crippen molar-refractivity contribution in [3.63, 3.8) is 0 Å². The molecule has 0 saturated carbocycles. The molecule has 6 heteroatoms. The molecule has 183 valence electrons. The Bertz CT molecular complexity index is 671. The van der Waals surface area contributed by atoms with Gasteiger partial charge in [0.25, 0.3) is 0 Å². The third-order valence-electron chi connectivity index (χ3n) is 6.87. The fourth-order valence-electron chi connectivity index (χ4n) is 5.11. The zero-order chi connectivity index (χ0) is 24.1. The van der Waals surface area contributed by atoms with Gasteiger partial charge in [0.05, 0.1) is 49.7 Å². The van der Waals surface area contributed by atoms with Crippen LogP contribution in [0.15, 0.2) is 23.8 Å². The maximum absolute atomic E-state index is 11.6. The number of epoxide rings is 1. The van der Waals surface area contributed by atoms with Crippen molar-refractivity contribution in [1.82, 2.24) is 0 Å². The van der Waals surface area contributed by atoms with Crippen molar-refractivity contribution in [2.45, 2.75) is 96.9 Å². The average Bonchev–Trinajstić information content (AvgIpc) is 3.39. The second kappa shape index (κ2) is 11.8. The summed E-state index contributed by atoms with van der Waals surface area (Å²) in [6, 6.07) is 0. The van der Waals surface area contributed by atoms with Gasteiger partial charge in [0.1, 0.15) is 0 Å². The minimum absolute atomic E-state index is 0.0284. The molecular formula is C26H43O6. The van der Waals surface area contributed by atoms with Crippen LogP contribution >= 0.6 is 0 Å². The van der Waals surface area contributed by atoms with E-state index in [1.165, 1.54) is 7.11 Å². The van der Waals surface area contributed by atoms with Crippen molar-refractivity contribution in [2.75, 3.05) is 14.2 Å². The first-order valence-electron chi connectivity index (χ1n) is 11.8. The number of esters is 1. The molecular weight excluding hydrogens is 408 g/mol. The molecule has 1 N–H and O–H groups in total. The first-order chi connectivity index (χ1) is 15.0. The van der Waals surface area contributed by atoms with Crippen LogP contribution in [0, 0.1) is 24.2 Å². The second-order valence-corrected chi connectivity index (χ2v) is 9.92. The van der Waals surface area contributed by atoms with E-state index in [9.17, 15) is 9.90 Å². The zero-order valence-electron chi connectivity index (χ0n) is 21.0. The summed E-state index contributed by atoms with van der Waals surface area (Å²) in [6.07, 6.45) is 9.78. The smallest absolute Gasteiger partial charge is 0.308 e. The van der Waals surface area contributed by atoms with Crippen molar-refractivity contribution in [1.29, 1.82) is 0 Å². The summed E-state index contributed by atoms with van der Waals surface area (Å²) in [4.78, 5) is 11.6. The van der Waals surface area contributed by atoms with Gasteiger partial charge in [-0.25, -0.2) is 0 Å². The van der Waals surface area contributed by atoms with E-state index in [2.05, 4.69) is 59.3 Å². The van der Waals surface area contributed by atoms with Gasteiger partial charge in [0.15, 0.2) is 0 Å². The molecule has 32 heavy (non-hydrogen) atoms. The van der Waals surface area contributed by atoms with Crippen LogP contribution in [0.4, 0.5) is 0 Å². The minimum Gasteiger partial charge on any atom is -0.469 e. The van der Waals surface area contributed by atoms with Gasteiger partial charge in [-0.3, -0.25) is 4.79 Å². The van der Waals surface area contributed by atoms with Gasteiger partial charge in [-0.1, -0.05) is 39.0 Å². The number of rotatable bonds is 11. The van der Waals surface area contributed by atoms with Crippen molar-refractivity contribution in [3.8, 4) is 0 Å². The summed E-state index contributed by atoms with van der Waals surface area (Å²) >= 11 is 0. The van der Waals surface area contributed by atoms with Crippen molar-refractivity contribution < 1.29 is 28.8 Å². The summed E-state index contributed by atoms with van der Waals surface area (Å²) in [6.45, 7) is 12.4. The molecule has 1 radical (unpaired) electrons. The van der Waals surface area contributed by atoms with Gasteiger partial charge >= 0.3 is 5.97 Å². The van der Waals surface area contributed by atoms with E-state index in [1.54, 1.807) is 14.0 Å². The molecule has 2 fully saturated rings. The molecule has 2 rings (SSSR count). The number of aliphatic hydroxyl groups is 1. The third kappa shape index (κ3) is 7.14. The van der Waals surface area contributed by atoms with E-state index < -0.39 is 6.10 Å². The predicted molar refractivity (Wildman–Crippen MR) is 125 cm³/mol. The lowest BCUT2D eigenvalue weighted by Gasteiger charge is -2.35. The van der Waals surface area contributed by atoms with Crippen molar-refractivity contribution >= 4 is 5.97 Å². The molecule has 0 aromatic carbocycles. The van der Waals surface area contributed by atoms with Crippen LogP contribution < -0.4 is 0 Å². The van der Waals surface area contributed by atoms with Gasteiger partial charge in [0.2, 0.25) is 0 Å². The van der Waals surface area contributed by atoms with Crippen molar-refractivity contribution in [3.05, 3.63) is 30.2 Å². The van der Waals surface area contributed by atoms with Gasteiger partial charge in [-0.05, 0) is 57.4 Å². The number of allylic oxidation sites excluding steroid dienone is 3. The lowest BCUT2D eigenvalue weighted by Crippen LogP contribution is -2.36. The SMILES string of the molecule is COC(=O)C[C@H]1C[CH][C@H](C)[C@@H](/C(C)=C/C=C/[C@@H](C)C[C@@]2(C)O[C@@H]2[C@H](C)[C@@H](OC)[C@@H](C)O)O1. The molecule has 2 heterocycles. The van der Waals surface area contributed by atoms with Crippen LogP contribution in [0.5, 0.6) is 0 Å². The largest absolute Gasteiger partial charge is 0.469 e. The average molecular weight is 452 g/mol. The summed E-state index contributed by atoms with van der Waals surface area (Å²) in [5.41, 5.74) is 0.956. The third-order valence-corrected chi connectivity index (χ3v) is 6.87. The van der Waals surface area contributed by atoms with Crippen LogP contribution in [0.2, 0.25) is 0 Å². The standard InChI is InChI=1S/C26H43O6/c1-16(15-26(6)25(32-26)19(4)24(30-8)20(5)27)10-9-11-17(2)23-18(3)12-13-21(31-23)14-22(28)29-7/h9-12,16,18-21,23-25,27H,13-15H2,1-8H3/b10-9+,17-11+/t16-,18+,19-,20-,21-,23-,24-,25-,26-/m1/s1. The molecule has 2 aliphatic rings. The highest BCUT2D eigenvalue weighted by atomic mass is 16.6. The van der Waals surface area contributed by atoms with E-state index >= 15 is 0 Å². The van der Waals surface area contributed by atoms with E-state index in [0.29, 0.717) is 11.8 Å². The molecule has 9 atom stereocenters. The number of ether oxygens (including phenoxy) is 4. The van der Waals surface area contributed by atoms with Gasteiger partial charge in [-0.2, -0.15) is 0 Å². The van der Waals surface area contributed by atoms with Crippen molar-refractivity contribution in [2.24, 2.45) is 17.8 Å². The molecule has 0 unspecified atom stereocenters. The highest BCUT2D eigenvalue weighted by Crippen LogP contribution is 2.47. The Morgan fingerprint density at radius 3 is 2.59 bits per heavy atom. The molecule has 0 spiro atoms. The second-order valence-electron chi connectivity index (χ2n) is 9.92. The number of hydrogen-bond acceptors (Lipinski definition) is 6. The van der Waals surface area contributed by atoms with Crippen LogP contribution in [-0.4, -0.2) is 61.4 Å². The molecule has 0 amide bonds. The monoisotopic (exact) mass is 451 g/mol. The van der Waals surface area contributed by atoms with Gasteiger partial charge < -0.3 is 24.1 Å². The van der Waals surface area contributed by atoms with Crippen LogP contribution in [0.25, 0.3) is 0 Å². The highest BCUT2D eigenvalue weighted by Gasteiger charge is 2.56. The first kappa shape index (κ1) is 27.0. The van der Waals surface area contributed by atoms with E-state index in [4.69, 9.17) is 18.9 Å². The number of carbonyl (C=O) groups is 1. The maximum atomic E-state index is 11.6. The molecule has 0 aromatic rings. The minimum atomic E-state index is -0.525. The molecule has 0 bridgehead atoms. The number of aliphatic hydroxyl groups excluding tert-OH is 1. The van der Waals surface area contributed by atoms with Crippen LogP contribution in [-0.2, 0) is 23.7 Å².